The lowest BCUT2D eigenvalue weighted by Gasteiger charge is -2.42. The van der Waals surface area contributed by atoms with Gasteiger partial charge in [0.2, 0.25) is 0 Å². The highest BCUT2D eigenvalue weighted by atomic mass is 16.5. The summed E-state index contributed by atoms with van der Waals surface area (Å²) < 4.78 is 5.86. The Hall–Kier alpha value is -1.49. The molecule has 0 bridgehead atoms. The molecule has 0 radical (unpaired) electrons. The summed E-state index contributed by atoms with van der Waals surface area (Å²) in [5, 5.41) is 0. The van der Waals surface area contributed by atoms with Crippen LogP contribution in [0.5, 0.6) is 0 Å². The molecule has 2 rings (SSSR count). The fourth-order valence-corrected chi connectivity index (χ4v) is 1.94. The standard InChI is InChI=1S/C13H19N3O2/c1-13(2,3)18-10-8-16(9-10)12-4-6-14-11(15-12)5-7-17/h4,6-7,10H,5,8-9H2,1-3H3. The predicted octanol–water partition coefficient (Wildman–Crippen LogP) is 1.22. The minimum atomic E-state index is -0.106. The van der Waals surface area contributed by atoms with Gasteiger partial charge in [0, 0.05) is 19.3 Å². The maximum Gasteiger partial charge on any atom is 0.137 e. The molecular formula is C13H19N3O2. The molecule has 0 amide bonds. The van der Waals surface area contributed by atoms with Crippen LogP contribution < -0.4 is 4.90 Å². The van der Waals surface area contributed by atoms with Crippen molar-refractivity contribution in [2.24, 2.45) is 0 Å². The molecule has 1 fully saturated rings. The van der Waals surface area contributed by atoms with Gasteiger partial charge in [0.25, 0.3) is 0 Å². The molecule has 0 unspecified atom stereocenters. The van der Waals surface area contributed by atoms with E-state index >= 15 is 0 Å². The quantitative estimate of drug-likeness (QED) is 0.751. The molecule has 1 aromatic rings. The van der Waals surface area contributed by atoms with Gasteiger partial charge >= 0.3 is 0 Å². The van der Waals surface area contributed by atoms with Crippen molar-refractivity contribution < 1.29 is 9.53 Å². The number of carbonyl (C=O) groups excluding carboxylic acids is 1. The number of hydrogen-bond donors (Lipinski definition) is 0. The normalized spacial score (nSPS) is 16.5. The predicted molar refractivity (Wildman–Crippen MR) is 68.6 cm³/mol. The lowest BCUT2D eigenvalue weighted by atomic mass is 10.1. The zero-order chi connectivity index (χ0) is 13.2. The summed E-state index contributed by atoms with van der Waals surface area (Å²) in [6.45, 7) is 7.86. The highest BCUT2D eigenvalue weighted by Gasteiger charge is 2.31. The van der Waals surface area contributed by atoms with Crippen LogP contribution in [0.4, 0.5) is 5.82 Å². The van der Waals surface area contributed by atoms with Gasteiger partial charge in [-0.25, -0.2) is 9.97 Å². The number of anilines is 1. The number of aromatic nitrogens is 2. The van der Waals surface area contributed by atoms with Crippen LogP contribution in [0.25, 0.3) is 0 Å². The molecule has 0 saturated carbocycles. The number of rotatable bonds is 4. The molecule has 1 aromatic heterocycles. The van der Waals surface area contributed by atoms with Crippen molar-refractivity contribution in [3.8, 4) is 0 Å². The maximum absolute atomic E-state index is 10.4. The zero-order valence-corrected chi connectivity index (χ0v) is 11.1. The summed E-state index contributed by atoms with van der Waals surface area (Å²) in [7, 11) is 0. The third-order valence-electron chi connectivity index (χ3n) is 2.65. The third kappa shape index (κ3) is 3.26. The van der Waals surface area contributed by atoms with Gasteiger partial charge in [-0.3, -0.25) is 0 Å². The van der Waals surface area contributed by atoms with Crippen LogP contribution in [0.1, 0.15) is 26.6 Å². The van der Waals surface area contributed by atoms with E-state index in [1.807, 2.05) is 6.07 Å². The summed E-state index contributed by atoms with van der Waals surface area (Å²) in [5.41, 5.74) is -0.106. The van der Waals surface area contributed by atoms with E-state index in [9.17, 15) is 4.79 Å². The van der Waals surface area contributed by atoms with E-state index in [1.165, 1.54) is 0 Å². The van der Waals surface area contributed by atoms with Gasteiger partial charge in [-0.15, -0.1) is 0 Å². The Morgan fingerprint density at radius 2 is 2.22 bits per heavy atom. The molecule has 2 heterocycles. The van der Waals surface area contributed by atoms with Crippen LogP contribution in [0.3, 0.4) is 0 Å². The largest absolute Gasteiger partial charge is 0.369 e. The first-order valence-electron chi connectivity index (χ1n) is 6.16. The van der Waals surface area contributed by atoms with E-state index in [1.54, 1.807) is 6.20 Å². The Kier molecular flexibility index (Phi) is 3.61. The summed E-state index contributed by atoms with van der Waals surface area (Å²) in [6, 6.07) is 1.86. The fraction of sp³-hybridized carbons (Fsp3) is 0.615. The van der Waals surface area contributed by atoms with Crippen LogP contribution in [-0.4, -0.2) is 41.0 Å². The summed E-state index contributed by atoms with van der Waals surface area (Å²) in [4.78, 5) is 21.0. The van der Waals surface area contributed by atoms with Crippen molar-refractivity contribution in [1.82, 2.24) is 9.97 Å². The molecule has 1 aliphatic rings. The molecule has 98 valence electrons. The molecule has 5 nitrogen and oxygen atoms in total. The third-order valence-corrected chi connectivity index (χ3v) is 2.65. The molecule has 0 aromatic carbocycles. The highest BCUT2D eigenvalue weighted by molar-refractivity contribution is 5.53. The van der Waals surface area contributed by atoms with Crippen molar-refractivity contribution in [3.05, 3.63) is 18.1 Å². The summed E-state index contributed by atoms with van der Waals surface area (Å²) >= 11 is 0. The summed E-state index contributed by atoms with van der Waals surface area (Å²) in [6.07, 6.45) is 3.04. The molecule has 1 aliphatic heterocycles. The lowest BCUT2D eigenvalue weighted by Crippen LogP contribution is -2.54. The van der Waals surface area contributed by atoms with Crippen molar-refractivity contribution in [2.75, 3.05) is 18.0 Å². The van der Waals surface area contributed by atoms with E-state index in [0.717, 1.165) is 25.2 Å². The van der Waals surface area contributed by atoms with Crippen LogP contribution in [-0.2, 0) is 16.0 Å². The van der Waals surface area contributed by atoms with Crippen molar-refractivity contribution in [3.63, 3.8) is 0 Å². The molecule has 18 heavy (non-hydrogen) atoms. The van der Waals surface area contributed by atoms with E-state index < -0.39 is 0 Å². The van der Waals surface area contributed by atoms with Crippen LogP contribution in [0.15, 0.2) is 12.3 Å². The SMILES string of the molecule is CC(C)(C)OC1CN(c2ccnc(CC=O)n2)C1. The first kappa shape index (κ1) is 13.0. The Balaban J connectivity index is 1.91. The Morgan fingerprint density at radius 3 is 2.83 bits per heavy atom. The van der Waals surface area contributed by atoms with Crippen molar-refractivity contribution in [1.29, 1.82) is 0 Å². The minimum absolute atomic E-state index is 0.106. The molecule has 0 N–H and O–H groups in total. The molecule has 1 saturated heterocycles. The number of aldehydes is 1. The van der Waals surface area contributed by atoms with Gasteiger partial charge in [-0.2, -0.15) is 0 Å². The first-order chi connectivity index (χ1) is 8.48. The average Bonchev–Trinajstić information content (AvgIpc) is 2.22. The number of ether oxygens (including phenoxy) is 1. The second kappa shape index (κ2) is 5.02. The average molecular weight is 249 g/mol. The van der Waals surface area contributed by atoms with Crippen molar-refractivity contribution >= 4 is 12.1 Å². The van der Waals surface area contributed by atoms with Gasteiger partial charge < -0.3 is 14.4 Å². The van der Waals surface area contributed by atoms with Crippen molar-refractivity contribution in [2.45, 2.75) is 38.9 Å². The second-order valence-electron chi connectivity index (χ2n) is 5.46. The van der Waals surface area contributed by atoms with E-state index in [-0.39, 0.29) is 18.1 Å². The van der Waals surface area contributed by atoms with Gasteiger partial charge in [-0.05, 0) is 26.8 Å². The van der Waals surface area contributed by atoms with E-state index in [0.29, 0.717) is 5.82 Å². The second-order valence-corrected chi connectivity index (χ2v) is 5.46. The molecule has 0 spiro atoms. The van der Waals surface area contributed by atoms with Gasteiger partial charge in [0.1, 0.15) is 17.9 Å². The maximum atomic E-state index is 10.4. The monoisotopic (exact) mass is 249 g/mol. The molecule has 5 heteroatoms. The van der Waals surface area contributed by atoms with Crippen LogP contribution in [0.2, 0.25) is 0 Å². The Bertz CT molecular complexity index is 422. The molecular weight excluding hydrogens is 230 g/mol. The summed E-state index contributed by atoms with van der Waals surface area (Å²) in [5.74, 6) is 1.44. The van der Waals surface area contributed by atoms with Crippen LogP contribution >= 0.6 is 0 Å². The van der Waals surface area contributed by atoms with Gasteiger partial charge in [0.15, 0.2) is 0 Å². The van der Waals surface area contributed by atoms with E-state index in [2.05, 4.69) is 35.6 Å². The minimum Gasteiger partial charge on any atom is -0.369 e. The molecule has 0 atom stereocenters. The number of nitrogens with zero attached hydrogens (tertiary/aromatic N) is 3. The van der Waals surface area contributed by atoms with Gasteiger partial charge in [0.05, 0.1) is 18.1 Å². The van der Waals surface area contributed by atoms with E-state index in [4.69, 9.17) is 4.74 Å². The topological polar surface area (TPSA) is 55.3 Å². The highest BCUT2D eigenvalue weighted by Crippen LogP contribution is 2.23. The zero-order valence-electron chi connectivity index (χ0n) is 11.1. The Morgan fingerprint density at radius 1 is 1.50 bits per heavy atom. The number of carbonyl (C=O) groups is 1. The van der Waals surface area contributed by atoms with Gasteiger partial charge in [-0.1, -0.05) is 0 Å². The lowest BCUT2D eigenvalue weighted by molar-refractivity contribution is -0.107. The fourth-order valence-electron chi connectivity index (χ4n) is 1.94. The molecule has 0 aliphatic carbocycles. The first-order valence-corrected chi connectivity index (χ1v) is 6.16. The number of hydrogen-bond acceptors (Lipinski definition) is 5. The Labute approximate surface area is 107 Å². The van der Waals surface area contributed by atoms with Crippen LogP contribution in [0, 0.1) is 0 Å². The smallest absolute Gasteiger partial charge is 0.137 e.